The Morgan fingerprint density at radius 1 is 1.38 bits per heavy atom. The van der Waals surface area contributed by atoms with Crippen molar-refractivity contribution in [2.75, 3.05) is 6.61 Å². The zero-order chi connectivity index (χ0) is 9.52. The van der Waals surface area contributed by atoms with E-state index < -0.39 is 6.09 Å². The Labute approximate surface area is 77.6 Å². The van der Waals surface area contributed by atoms with E-state index in [4.69, 9.17) is 0 Å². The standard InChI is InChI=1S/C9H15NO3/c11-6-7-13-9(12)10-8-4-2-1-3-5-8/h6,8H,1-5,7H2,(H,10,12). The number of alkyl carbamates (subject to hydrolysis) is 1. The summed E-state index contributed by atoms with van der Waals surface area (Å²) in [5.41, 5.74) is 0. The summed E-state index contributed by atoms with van der Waals surface area (Å²) in [6.45, 7) is -0.154. The van der Waals surface area contributed by atoms with Crippen molar-refractivity contribution in [1.29, 1.82) is 0 Å². The molecule has 0 heterocycles. The first-order chi connectivity index (χ1) is 6.33. The van der Waals surface area contributed by atoms with E-state index in [0.717, 1.165) is 12.8 Å². The van der Waals surface area contributed by atoms with Crippen LogP contribution in [-0.4, -0.2) is 25.0 Å². The zero-order valence-corrected chi connectivity index (χ0v) is 7.62. The number of ether oxygens (including phenoxy) is 1. The SMILES string of the molecule is O=CCOC(=O)NC1CCCCC1. The Bertz CT molecular complexity index is 176. The highest BCUT2D eigenvalue weighted by Gasteiger charge is 2.15. The number of hydrogen-bond donors (Lipinski definition) is 1. The molecular formula is C9H15NO3. The minimum absolute atomic E-state index is 0.154. The molecule has 1 aliphatic rings. The van der Waals surface area contributed by atoms with E-state index >= 15 is 0 Å². The quantitative estimate of drug-likeness (QED) is 0.673. The highest BCUT2D eigenvalue weighted by atomic mass is 16.5. The summed E-state index contributed by atoms with van der Waals surface area (Å²) < 4.78 is 4.58. The molecule has 0 bridgehead atoms. The second-order valence-corrected chi connectivity index (χ2v) is 3.24. The second kappa shape index (κ2) is 5.56. The summed E-state index contributed by atoms with van der Waals surface area (Å²) in [5.74, 6) is 0. The maximum Gasteiger partial charge on any atom is 0.407 e. The van der Waals surface area contributed by atoms with Crippen molar-refractivity contribution in [3.8, 4) is 0 Å². The third kappa shape index (κ3) is 3.92. The smallest absolute Gasteiger partial charge is 0.407 e. The topological polar surface area (TPSA) is 55.4 Å². The fourth-order valence-electron chi connectivity index (χ4n) is 1.56. The van der Waals surface area contributed by atoms with Crippen molar-refractivity contribution >= 4 is 12.4 Å². The molecule has 0 radical (unpaired) electrons. The number of rotatable bonds is 3. The molecule has 0 aromatic heterocycles. The van der Waals surface area contributed by atoms with Gasteiger partial charge in [0.1, 0.15) is 6.61 Å². The predicted molar refractivity (Wildman–Crippen MR) is 47.4 cm³/mol. The van der Waals surface area contributed by atoms with Gasteiger partial charge in [0.25, 0.3) is 0 Å². The van der Waals surface area contributed by atoms with Crippen LogP contribution in [0.3, 0.4) is 0 Å². The van der Waals surface area contributed by atoms with E-state index in [0.29, 0.717) is 6.29 Å². The van der Waals surface area contributed by atoms with Crippen LogP contribution < -0.4 is 5.32 Å². The summed E-state index contributed by atoms with van der Waals surface area (Å²) in [5, 5.41) is 2.73. The monoisotopic (exact) mass is 185 g/mol. The second-order valence-electron chi connectivity index (χ2n) is 3.24. The van der Waals surface area contributed by atoms with Gasteiger partial charge in [-0.05, 0) is 12.8 Å². The Balaban J connectivity index is 2.14. The molecular weight excluding hydrogens is 170 g/mol. The molecule has 13 heavy (non-hydrogen) atoms. The lowest BCUT2D eigenvalue weighted by Gasteiger charge is -2.21. The predicted octanol–water partition coefficient (Wildman–Crippen LogP) is 1.24. The van der Waals surface area contributed by atoms with E-state index in [1.54, 1.807) is 0 Å². The van der Waals surface area contributed by atoms with Crippen molar-refractivity contribution in [3.05, 3.63) is 0 Å². The van der Waals surface area contributed by atoms with Crippen molar-refractivity contribution < 1.29 is 14.3 Å². The van der Waals surface area contributed by atoms with Crippen LogP contribution in [0.4, 0.5) is 4.79 Å². The number of hydrogen-bond acceptors (Lipinski definition) is 3. The fraction of sp³-hybridized carbons (Fsp3) is 0.778. The molecule has 1 aliphatic carbocycles. The van der Waals surface area contributed by atoms with Gasteiger partial charge in [0.05, 0.1) is 0 Å². The highest BCUT2D eigenvalue weighted by Crippen LogP contribution is 2.17. The van der Waals surface area contributed by atoms with E-state index in [1.807, 2.05) is 0 Å². The third-order valence-electron chi connectivity index (χ3n) is 2.21. The molecule has 4 nitrogen and oxygen atoms in total. The van der Waals surface area contributed by atoms with Gasteiger partial charge in [0.15, 0.2) is 6.29 Å². The minimum Gasteiger partial charge on any atom is -0.442 e. The lowest BCUT2D eigenvalue weighted by atomic mass is 9.96. The number of nitrogens with one attached hydrogen (secondary N) is 1. The van der Waals surface area contributed by atoms with Crippen LogP contribution in [0.15, 0.2) is 0 Å². The Morgan fingerprint density at radius 3 is 2.69 bits per heavy atom. The van der Waals surface area contributed by atoms with Gasteiger partial charge in [0, 0.05) is 6.04 Å². The average Bonchev–Trinajstić information content (AvgIpc) is 2.16. The van der Waals surface area contributed by atoms with Crippen LogP contribution in [0.2, 0.25) is 0 Å². The summed E-state index contributed by atoms with van der Waals surface area (Å²) in [6.07, 6.45) is 5.73. The molecule has 0 aromatic rings. The van der Waals surface area contributed by atoms with Crippen LogP contribution in [-0.2, 0) is 9.53 Å². The molecule has 0 atom stereocenters. The van der Waals surface area contributed by atoms with E-state index in [-0.39, 0.29) is 12.6 Å². The zero-order valence-electron chi connectivity index (χ0n) is 7.62. The van der Waals surface area contributed by atoms with Crippen LogP contribution in [0.25, 0.3) is 0 Å². The van der Waals surface area contributed by atoms with Crippen LogP contribution in [0, 0.1) is 0 Å². The molecule has 0 saturated heterocycles. The van der Waals surface area contributed by atoms with Crippen LogP contribution in [0.1, 0.15) is 32.1 Å². The Hall–Kier alpha value is -1.06. The number of aldehydes is 1. The first-order valence-electron chi connectivity index (χ1n) is 4.70. The molecule has 1 rings (SSSR count). The molecule has 1 fully saturated rings. The third-order valence-corrected chi connectivity index (χ3v) is 2.21. The number of carbonyl (C=O) groups is 2. The largest absolute Gasteiger partial charge is 0.442 e. The van der Waals surface area contributed by atoms with Crippen LogP contribution >= 0.6 is 0 Å². The van der Waals surface area contributed by atoms with E-state index in [2.05, 4.69) is 10.1 Å². The van der Waals surface area contributed by atoms with E-state index in [1.165, 1.54) is 19.3 Å². The summed E-state index contributed by atoms with van der Waals surface area (Å²) in [4.78, 5) is 20.9. The fourth-order valence-corrected chi connectivity index (χ4v) is 1.56. The van der Waals surface area contributed by atoms with Gasteiger partial charge < -0.3 is 10.1 Å². The highest BCUT2D eigenvalue weighted by molar-refractivity contribution is 5.69. The van der Waals surface area contributed by atoms with Crippen molar-refractivity contribution in [1.82, 2.24) is 5.32 Å². The molecule has 1 amide bonds. The molecule has 1 saturated carbocycles. The molecule has 4 heteroatoms. The summed E-state index contributed by atoms with van der Waals surface area (Å²) in [6, 6.07) is 0.243. The molecule has 1 N–H and O–H groups in total. The van der Waals surface area contributed by atoms with Crippen molar-refractivity contribution in [2.24, 2.45) is 0 Å². The normalized spacial score (nSPS) is 17.8. The molecule has 0 spiro atoms. The van der Waals surface area contributed by atoms with Crippen molar-refractivity contribution in [2.45, 2.75) is 38.1 Å². The van der Waals surface area contributed by atoms with Gasteiger partial charge in [-0.15, -0.1) is 0 Å². The lowest BCUT2D eigenvalue weighted by molar-refractivity contribution is -0.110. The molecule has 74 valence electrons. The first-order valence-corrected chi connectivity index (χ1v) is 4.70. The van der Waals surface area contributed by atoms with Gasteiger partial charge in [-0.25, -0.2) is 4.79 Å². The van der Waals surface area contributed by atoms with Gasteiger partial charge in [-0.3, -0.25) is 4.79 Å². The molecule has 0 aliphatic heterocycles. The summed E-state index contributed by atoms with van der Waals surface area (Å²) >= 11 is 0. The van der Waals surface area contributed by atoms with Gasteiger partial charge in [0.2, 0.25) is 0 Å². The Morgan fingerprint density at radius 2 is 2.08 bits per heavy atom. The van der Waals surface area contributed by atoms with Gasteiger partial charge in [-0.2, -0.15) is 0 Å². The summed E-state index contributed by atoms with van der Waals surface area (Å²) in [7, 11) is 0. The molecule has 0 aromatic carbocycles. The van der Waals surface area contributed by atoms with Crippen LogP contribution in [0.5, 0.6) is 0 Å². The maximum atomic E-state index is 11.0. The van der Waals surface area contributed by atoms with E-state index in [9.17, 15) is 9.59 Å². The lowest BCUT2D eigenvalue weighted by Crippen LogP contribution is -2.36. The minimum atomic E-state index is -0.473. The van der Waals surface area contributed by atoms with Gasteiger partial charge >= 0.3 is 6.09 Å². The molecule has 0 unspecified atom stereocenters. The number of amides is 1. The average molecular weight is 185 g/mol. The Kier molecular flexibility index (Phi) is 4.29. The number of carbonyl (C=O) groups excluding carboxylic acids is 2. The van der Waals surface area contributed by atoms with Crippen molar-refractivity contribution in [3.63, 3.8) is 0 Å². The van der Waals surface area contributed by atoms with Gasteiger partial charge in [-0.1, -0.05) is 19.3 Å². The first kappa shape index (κ1) is 10.0. The maximum absolute atomic E-state index is 11.0.